The van der Waals surface area contributed by atoms with E-state index in [4.69, 9.17) is 5.73 Å². The van der Waals surface area contributed by atoms with Crippen LogP contribution in [0.1, 0.15) is 59.8 Å². The van der Waals surface area contributed by atoms with Crippen molar-refractivity contribution in [2.24, 2.45) is 11.7 Å². The molecule has 4 heteroatoms. The van der Waals surface area contributed by atoms with Gasteiger partial charge in [0.1, 0.15) is 0 Å². The molecule has 20 heavy (non-hydrogen) atoms. The van der Waals surface area contributed by atoms with Crippen LogP contribution in [-0.2, 0) is 4.79 Å². The third-order valence-corrected chi connectivity index (χ3v) is 4.50. The van der Waals surface area contributed by atoms with E-state index in [2.05, 4.69) is 37.9 Å². The number of hydrogen-bond donors (Lipinski definition) is 2. The lowest BCUT2D eigenvalue weighted by Crippen LogP contribution is -2.48. The van der Waals surface area contributed by atoms with Crippen molar-refractivity contribution in [2.45, 2.75) is 77.9 Å². The largest absolute Gasteiger partial charge is 0.352 e. The molecular formula is C16H33N3O. The molecule has 0 heterocycles. The number of nitrogens with zero attached hydrogens (tertiary/aromatic N) is 1. The Bertz CT molecular complexity index is 285. The number of amides is 1. The van der Waals surface area contributed by atoms with Crippen LogP contribution in [0.5, 0.6) is 0 Å². The molecule has 0 saturated heterocycles. The van der Waals surface area contributed by atoms with Crippen LogP contribution in [0.25, 0.3) is 0 Å². The second kappa shape index (κ2) is 8.63. The minimum Gasteiger partial charge on any atom is -0.352 e. The van der Waals surface area contributed by atoms with Gasteiger partial charge in [-0.25, -0.2) is 0 Å². The summed E-state index contributed by atoms with van der Waals surface area (Å²) in [6, 6.07) is 1.14. The van der Waals surface area contributed by atoms with Crippen LogP contribution in [-0.4, -0.2) is 42.0 Å². The zero-order chi connectivity index (χ0) is 15.1. The SMILES string of the molecule is CCCN(CC(=O)NC(C)C(C)C)C1CCC(N)CC1. The fourth-order valence-corrected chi connectivity index (χ4v) is 2.80. The molecule has 1 unspecified atom stereocenters. The molecule has 0 aliphatic heterocycles. The molecule has 4 nitrogen and oxygen atoms in total. The van der Waals surface area contributed by atoms with Gasteiger partial charge in [0.2, 0.25) is 5.91 Å². The molecule has 0 aromatic carbocycles. The lowest BCUT2D eigenvalue weighted by Gasteiger charge is -2.35. The molecule has 1 fully saturated rings. The minimum atomic E-state index is 0.162. The van der Waals surface area contributed by atoms with E-state index in [1.807, 2.05) is 0 Å². The maximum absolute atomic E-state index is 12.2. The van der Waals surface area contributed by atoms with E-state index in [0.717, 1.165) is 38.6 Å². The third-order valence-electron chi connectivity index (χ3n) is 4.50. The van der Waals surface area contributed by atoms with Crippen LogP contribution in [0.4, 0.5) is 0 Å². The smallest absolute Gasteiger partial charge is 0.234 e. The van der Waals surface area contributed by atoms with Gasteiger partial charge in [0.05, 0.1) is 6.54 Å². The molecule has 1 atom stereocenters. The first-order valence-electron chi connectivity index (χ1n) is 8.23. The summed E-state index contributed by atoms with van der Waals surface area (Å²) < 4.78 is 0. The van der Waals surface area contributed by atoms with Gasteiger partial charge in [0.15, 0.2) is 0 Å². The molecule has 0 bridgehead atoms. The number of nitrogens with one attached hydrogen (secondary N) is 1. The second-order valence-electron chi connectivity index (χ2n) is 6.64. The number of carbonyl (C=O) groups excluding carboxylic acids is 1. The normalized spacial score (nSPS) is 24.9. The average Bonchev–Trinajstić information content (AvgIpc) is 2.39. The van der Waals surface area contributed by atoms with Gasteiger partial charge in [-0.05, 0) is 51.5 Å². The topological polar surface area (TPSA) is 58.4 Å². The Morgan fingerprint density at radius 1 is 1.25 bits per heavy atom. The van der Waals surface area contributed by atoms with E-state index in [9.17, 15) is 4.79 Å². The molecule has 118 valence electrons. The van der Waals surface area contributed by atoms with Gasteiger partial charge in [-0.15, -0.1) is 0 Å². The van der Waals surface area contributed by atoms with Crippen LogP contribution in [0.15, 0.2) is 0 Å². The highest BCUT2D eigenvalue weighted by Gasteiger charge is 2.25. The van der Waals surface area contributed by atoms with Crippen LogP contribution in [0.3, 0.4) is 0 Å². The monoisotopic (exact) mass is 283 g/mol. The van der Waals surface area contributed by atoms with E-state index in [1.165, 1.54) is 0 Å². The highest BCUT2D eigenvalue weighted by atomic mass is 16.2. The van der Waals surface area contributed by atoms with Crippen molar-refractivity contribution in [1.82, 2.24) is 10.2 Å². The minimum absolute atomic E-state index is 0.162. The quantitative estimate of drug-likeness (QED) is 0.752. The van der Waals surface area contributed by atoms with Gasteiger partial charge in [0.25, 0.3) is 0 Å². The first kappa shape index (κ1) is 17.4. The molecule has 0 aromatic heterocycles. The van der Waals surface area contributed by atoms with Gasteiger partial charge in [0, 0.05) is 18.1 Å². The molecule has 1 saturated carbocycles. The van der Waals surface area contributed by atoms with Gasteiger partial charge in [-0.2, -0.15) is 0 Å². The summed E-state index contributed by atoms with van der Waals surface area (Å²) in [4.78, 5) is 14.5. The van der Waals surface area contributed by atoms with Gasteiger partial charge < -0.3 is 11.1 Å². The van der Waals surface area contributed by atoms with Crippen molar-refractivity contribution >= 4 is 5.91 Å². The maximum Gasteiger partial charge on any atom is 0.234 e. The summed E-state index contributed by atoms with van der Waals surface area (Å²) in [5, 5.41) is 3.11. The van der Waals surface area contributed by atoms with E-state index >= 15 is 0 Å². The molecule has 0 spiro atoms. The summed E-state index contributed by atoms with van der Waals surface area (Å²) in [6.07, 6.45) is 5.54. The van der Waals surface area contributed by atoms with Crippen molar-refractivity contribution in [1.29, 1.82) is 0 Å². The first-order chi connectivity index (χ1) is 9.43. The van der Waals surface area contributed by atoms with Crippen LogP contribution in [0, 0.1) is 5.92 Å². The lowest BCUT2D eigenvalue weighted by atomic mass is 9.90. The Hall–Kier alpha value is -0.610. The molecule has 1 amide bonds. The van der Waals surface area contributed by atoms with E-state index < -0.39 is 0 Å². The van der Waals surface area contributed by atoms with Gasteiger partial charge in [-0.1, -0.05) is 20.8 Å². The summed E-state index contributed by atoms with van der Waals surface area (Å²) in [5.74, 6) is 0.640. The zero-order valence-corrected chi connectivity index (χ0v) is 13.7. The fraction of sp³-hybridized carbons (Fsp3) is 0.938. The molecule has 1 aliphatic carbocycles. The van der Waals surface area contributed by atoms with E-state index in [1.54, 1.807) is 0 Å². The summed E-state index contributed by atoms with van der Waals surface area (Å²) in [6.45, 7) is 10.1. The van der Waals surface area contributed by atoms with Crippen LogP contribution in [0.2, 0.25) is 0 Å². The van der Waals surface area contributed by atoms with Gasteiger partial charge >= 0.3 is 0 Å². The highest BCUT2D eigenvalue weighted by molar-refractivity contribution is 5.78. The Labute approximate surface area is 124 Å². The molecule has 3 N–H and O–H groups in total. The predicted octanol–water partition coefficient (Wildman–Crippen LogP) is 2.13. The Kier molecular flexibility index (Phi) is 7.52. The zero-order valence-electron chi connectivity index (χ0n) is 13.7. The predicted molar refractivity (Wildman–Crippen MR) is 84.5 cm³/mol. The highest BCUT2D eigenvalue weighted by Crippen LogP contribution is 2.22. The second-order valence-corrected chi connectivity index (χ2v) is 6.64. The Balaban J connectivity index is 2.47. The summed E-state index contributed by atoms with van der Waals surface area (Å²) >= 11 is 0. The number of nitrogens with two attached hydrogens (primary N) is 1. The Morgan fingerprint density at radius 3 is 2.35 bits per heavy atom. The van der Waals surface area contributed by atoms with E-state index in [-0.39, 0.29) is 11.9 Å². The lowest BCUT2D eigenvalue weighted by molar-refractivity contribution is -0.123. The molecule has 1 rings (SSSR count). The van der Waals surface area contributed by atoms with Crippen molar-refractivity contribution in [3.05, 3.63) is 0 Å². The van der Waals surface area contributed by atoms with Crippen molar-refractivity contribution in [3.8, 4) is 0 Å². The van der Waals surface area contributed by atoms with Gasteiger partial charge in [-0.3, -0.25) is 9.69 Å². The van der Waals surface area contributed by atoms with Crippen LogP contribution < -0.4 is 11.1 Å². The summed E-state index contributed by atoms with van der Waals surface area (Å²) in [5.41, 5.74) is 5.97. The molecular weight excluding hydrogens is 250 g/mol. The van der Waals surface area contributed by atoms with Crippen molar-refractivity contribution < 1.29 is 4.79 Å². The molecule has 0 aromatic rings. The third kappa shape index (κ3) is 5.80. The average molecular weight is 283 g/mol. The number of rotatable bonds is 7. The Morgan fingerprint density at radius 2 is 1.85 bits per heavy atom. The maximum atomic E-state index is 12.2. The van der Waals surface area contributed by atoms with E-state index in [0.29, 0.717) is 24.5 Å². The number of hydrogen-bond acceptors (Lipinski definition) is 3. The standard InChI is InChI=1S/C16H33N3O/c1-5-10-19(15-8-6-14(17)7-9-15)11-16(20)18-13(4)12(2)3/h12-15H,5-11,17H2,1-4H3,(H,18,20). The summed E-state index contributed by atoms with van der Waals surface area (Å²) in [7, 11) is 0. The van der Waals surface area contributed by atoms with Crippen molar-refractivity contribution in [3.63, 3.8) is 0 Å². The molecule has 1 aliphatic rings. The van der Waals surface area contributed by atoms with Crippen molar-refractivity contribution in [2.75, 3.05) is 13.1 Å². The number of carbonyl (C=O) groups is 1. The fourth-order valence-electron chi connectivity index (χ4n) is 2.80. The van der Waals surface area contributed by atoms with Crippen LogP contribution >= 0.6 is 0 Å². The first-order valence-corrected chi connectivity index (χ1v) is 8.23. The molecule has 0 radical (unpaired) electrons.